The minimum absolute atomic E-state index is 0. The predicted molar refractivity (Wildman–Crippen MR) is 93.1 cm³/mol. The fourth-order valence-corrected chi connectivity index (χ4v) is 4.20. The van der Waals surface area contributed by atoms with Crippen molar-refractivity contribution in [3.05, 3.63) is 36.1 Å². The maximum Gasteiger partial charge on any atom is 0.251 e. The standard InChI is InChI=1S/C18H22N2O2.ClH/c1-18(2)16(13-5-8-20(18)9-6-13)19-17(21)14-4-3-12-7-10-22-15(12)11-14;/h3-4,7,10-11,13,16H,5-6,8-9H2,1-2H3,(H,19,21);1H. The molecule has 0 spiro atoms. The number of carbonyl (C=O) groups is 1. The first-order valence-corrected chi connectivity index (χ1v) is 8.09. The Bertz CT molecular complexity index is 717. The lowest BCUT2D eigenvalue weighted by molar-refractivity contribution is -0.0378. The number of fused-ring (bicyclic) bond motifs is 4. The second kappa shape index (κ2) is 5.84. The van der Waals surface area contributed by atoms with E-state index in [2.05, 4.69) is 24.1 Å². The fourth-order valence-electron chi connectivity index (χ4n) is 4.20. The van der Waals surface area contributed by atoms with Crippen LogP contribution >= 0.6 is 12.4 Å². The SMILES string of the molecule is CC1(C)C(NC(=O)c2ccc3ccoc3c2)C2CCN1CC2.Cl. The normalized spacial score (nSPS) is 28.3. The first kappa shape index (κ1) is 16.3. The third-order valence-corrected chi connectivity index (χ3v) is 5.59. The summed E-state index contributed by atoms with van der Waals surface area (Å²) >= 11 is 0. The maximum absolute atomic E-state index is 12.7. The highest BCUT2D eigenvalue weighted by molar-refractivity contribution is 5.97. The number of carbonyl (C=O) groups excluding carboxylic acids is 1. The van der Waals surface area contributed by atoms with Crippen LogP contribution in [0, 0.1) is 5.92 Å². The molecule has 3 aliphatic heterocycles. The van der Waals surface area contributed by atoms with Crippen LogP contribution in [0.1, 0.15) is 37.0 Å². The molecular formula is C18H23ClN2O2. The molecule has 1 atom stereocenters. The summed E-state index contributed by atoms with van der Waals surface area (Å²) in [5, 5.41) is 4.32. The summed E-state index contributed by atoms with van der Waals surface area (Å²) in [6.45, 7) is 6.81. The molecule has 4 heterocycles. The van der Waals surface area contributed by atoms with Crippen molar-refractivity contribution in [1.29, 1.82) is 0 Å². The average molecular weight is 335 g/mol. The second-order valence-corrected chi connectivity index (χ2v) is 7.10. The molecule has 1 aromatic heterocycles. The van der Waals surface area contributed by atoms with Crippen LogP contribution in [0.5, 0.6) is 0 Å². The van der Waals surface area contributed by atoms with Crippen LogP contribution in [0.2, 0.25) is 0 Å². The Kier molecular flexibility index (Phi) is 4.15. The summed E-state index contributed by atoms with van der Waals surface area (Å²) in [6.07, 6.45) is 4.03. The monoisotopic (exact) mass is 334 g/mol. The Balaban J connectivity index is 0.00000156. The molecule has 1 aromatic carbocycles. The number of rotatable bonds is 2. The number of amides is 1. The summed E-state index contributed by atoms with van der Waals surface area (Å²) in [5.41, 5.74) is 1.47. The van der Waals surface area contributed by atoms with Gasteiger partial charge in [-0.15, -0.1) is 12.4 Å². The van der Waals surface area contributed by atoms with Gasteiger partial charge in [-0.05, 0) is 63.9 Å². The Labute approximate surface area is 142 Å². The summed E-state index contributed by atoms with van der Waals surface area (Å²) < 4.78 is 5.40. The summed E-state index contributed by atoms with van der Waals surface area (Å²) in [4.78, 5) is 15.2. The molecule has 3 fully saturated rings. The van der Waals surface area contributed by atoms with Crippen LogP contribution in [-0.2, 0) is 0 Å². The molecule has 2 bridgehead atoms. The number of nitrogens with zero attached hydrogens (tertiary/aromatic N) is 1. The van der Waals surface area contributed by atoms with E-state index in [1.165, 1.54) is 12.8 Å². The highest BCUT2D eigenvalue weighted by Gasteiger charge is 2.48. The Morgan fingerprint density at radius 1 is 1.26 bits per heavy atom. The first-order valence-electron chi connectivity index (χ1n) is 8.09. The zero-order chi connectivity index (χ0) is 15.3. The molecular weight excluding hydrogens is 312 g/mol. The van der Waals surface area contributed by atoms with Crippen LogP contribution in [0.25, 0.3) is 11.0 Å². The number of hydrogen-bond donors (Lipinski definition) is 1. The maximum atomic E-state index is 12.7. The average Bonchev–Trinajstić information content (AvgIpc) is 2.98. The molecule has 1 amide bonds. The zero-order valence-electron chi connectivity index (χ0n) is 13.5. The zero-order valence-corrected chi connectivity index (χ0v) is 14.4. The van der Waals surface area contributed by atoms with Crippen LogP contribution in [0.3, 0.4) is 0 Å². The highest BCUT2D eigenvalue weighted by atomic mass is 35.5. The predicted octanol–water partition coefficient (Wildman–Crippen LogP) is 3.46. The summed E-state index contributed by atoms with van der Waals surface area (Å²) in [5.74, 6) is 0.599. The van der Waals surface area contributed by atoms with Gasteiger partial charge in [0.25, 0.3) is 5.91 Å². The number of hydrogen-bond acceptors (Lipinski definition) is 3. The number of furan rings is 1. The summed E-state index contributed by atoms with van der Waals surface area (Å²) in [7, 11) is 0. The lowest BCUT2D eigenvalue weighted by Crippen LogP contribution is -2.69. The van der Waals surface area contributed by atoms with E-state index < -0.39 is 0 Å². The van der Waals surface area contributed by atoms with Crippen molar-refractivity contribution in [3.8, 4) is 0 Å². The van der Waals surface area contributed by atoms with Crippen LogP contribution in [0.4, 0.5) is 0 Å². The van der Waals surface area contributed by atoms with E-state index >= 15 is 0 Å². The lowest BCUT2D eigenvalue weighted by Gasteiger charge is -2.56. The van der Waals surface area contributed by atoms with Gasteiger partial charge in [-0.3, -0.25) is 9.69 Å². The Morgan fingerprint density at radius 3 is 2.70 bits per heavy atom. The minimum Gasteiger partial charge on any atom is -0.464 e. The van der Waals surface area contributed by atoms with Crippen LogP contribution in [0.15, 0.2) is 34.9 Å². The lowest BCUT2D eigenvalue weighted by atomic mass is 9.72. The van der Waals surface area contributed by atoms with E-state index in [-0.39, 0.29) is 29.9 Å². The van der Waals surface area contributed by atoms with Crippen molar-refractivity contribution >= 4 is 29.3 Å². The van der Waals surface area contributed by atoms with Crippen molar-refractivity contribution < 1.29 is 9.21 Å². The van der Waals surface area contributed by atoms with Crippen molar-refractivity contribution in [2.75, 3.05) is 13.1 Å². The van der Waals surface area contributed by atoms with Gasteiger partial charge in [-0.25, -0.2) is 0 Å². The molecule has 1 unspecified atom stereocenters. The van der Waals surface area contributed by atoms with Crippen molar-refractivity contribution in [2.45, 2.75) is 38.3 Å². The van der Waals surface area contributed by atoms with Crippen molar-refractivity contribution in [2.24, 2.45) is 5.92 Å². The fraction of sp³-hybridized carbons (Fsp3) is 0.500. The van der Waals surface area contributed by atoms with E-state index in [1.807, 2.05) is 24.3 Å². The summed E-state index contributed by atoms with van der Waals surface area (Å²) in [6, 6.07) is 7.78. The molecule has 1 N–H and O–H groups in total. The molecule has 0 saturated carbocycles. The molecule has 3 saturated heterocycles. The molecule has 124 valence electrons. The number of nitrogens with one attached hydrogen (secondary N) is 1. The third-order valence-electron chi connectivity index (χ3n) is 5.59. The second-order valence-electron chi connectivity index (χ2n) is 7.10. The van der Waals surface area contributed by atoms with E-state index in [4.69, 9.17) is 4.42 Å². The molecule has 0 radical (unpaired) electrons. The third kappa shape index (κ3) is 2.64. The molecule has 3 aliphatic rings. The molecule has 5 rings (SSSR count). The molecule has 5 heteroatoms. The van der Waals surface area contributed by atoms with E-state index in [0.717, 1.165) is 24.1 Å². The Hall–Kier alpha value is -1.52. The van der Waals surface area contributed by atoms with Crippen LogP contribution in [-0.4, -0.2) is 35.5 Å². The molecule has 23 heavy (non-hydrogen) atoms. The van der Waals surface area contributed by atoms with E-state index in [1.54, 1.807) is 6.26 Å². The van der Waals surface area contributed by atoms with Crippen LogP contribution < -0.4 is 5.32 Å². The minimum atomic E-state index is 0. The van der Waals surface area contributed by atoms with Gasteiger partial charge in [0.05, 0.1) is 6.26 Å². The van der Waals surface area contributed by atoms with Gasteiger partial charge in [0.1, 0.15) is 5.58 Å². The molecule has 0 aliphatic carbocycles. The van der Waals surface area contributed by atoms with Crippen molar-refractivity contribution in [1.82, 2.24) is 10.2 Å². The number of benzene rings is 1. The first-order chi connectivity index (χ1) is 10.6. The van der Waals surface area contributed by atoms with Gasteiger partial charge in [0.2, 0.25) is 0 Å². The van der Waals surface area contributed by atoms with Gasteiger partial charge < -0.3 is 9.73 Å². The van der Waals surface area contributed by atoms with Gasteiger partial charge in [-0.2, -0.15) is 0 Å². The smallest absolute Gasteiger partial charge is 0.251 e. The van der Waals surface area contributed by atoms with E-state index in [9.17, 15) is 4.79 Å². The van der Waals surface area contributed by atoms with Gasteiger partial charge in [-0.1, -0.05) is 6.07 Å². The van der Waals surface area contributed by atoms with Gasteiger partial charge in [0.15, 0.2) is 0 Å². The van der Waals surface area contributed by atoms with Crippen molar-refractivity contribution in [3.63, 3.8) is 0 Å². The highest BCUT2D eigenvalue weighted by Crippen LogP contribution is 2.39. The molecule has 2 aromatic rings. The quantitative estimate of drug-likeness (QED) is 0.914. The van der Waals surface area contributed by atoms with E-state index in [0.29, 0.717) is 11.5 Å². The van der Waals surface area contributed by atoms with Gasteiger partial charge in [0, 0.05) is 22.5 Å². The molecule has 4 nitrogen and oxygen atoms in total. The Morgan fingerprint density at radius 2 is 2.00 bits per heavy atom. The number of piperidine rings is 3. The number of halogens is 1. The van der Waals surface area contributed by atoms with Gasteiger partial charge >= 0.3 is 0 Å². The largest absolute Gasteiger partial charge is 0.464 e. The topological polar surface area (TPSA) is 45.5 Å².